The second-order valence-electron chi connectivity index (χ2n) is 5.56. The minimum absolute atomic E-state index is 0.138. The Morgan fingerprint density at radius 2 is 1.79 bits per heavy atom. The fraction of sp³-hybridized carbons (Fsp3) is 0.200. The highest BCUT2D eigenvalue weighted by atomic mass is 32.2. The van der Waals surface area contributed by atoms with Crippen molar-refractivity contribution in [2.45, 2.75) is 18.7 Å². The zero-order valence-electron chi connectivity index (χ0n) is 15.6. The van der Waals surface area contributed by atoms with Gasteiger partial charge in [0.1, 0.15) is 6.07 Å². The molecular weight excluding hydrogens is 378 g/mol. The zero-order chi connectivity index (χ0) is 20.6. The van der Waals surface area contributed by atoms with Gasteiger partial charge in [-0.15, -0.1) is 0 Å². The number of rotatable bonds is 8. The number of nitrogens with zero attached hydrogens (tertiary/aromatic N) is 2. The van der Waals surface area contributed by atoms with Gasteiger partial charge in [-0.05, 0) is 50.2 Å². The van der Waals surface area contributed by atoms with E-state index in [0.717, 1.165) is 0 Å². The first-order valence-corrected chi connectivity index (χ1v) is 10.1. The van der Waals surface area contributed by atoms with Crippen molar-refractivity contribution in [1.29, 1.82) is 5.26 Å². The summed E-state index contributed by atoms with van der Waals surface area (Å²) in [5, 5.41) is 11.8. The molecule has 1 N–H and O–H groups in total. The molecule has 0 spiro atoms. The molecule has 0 fully saturated rings. The van der Waals surface area contributed by atoms with E-state index in [0.29, 0.717) is 17.9 Å². The van der Waals surface area contributed by atoms with Crippen LogP contribution in [0.1, 0.15) is 13.8 Å². The van der Waals surface area contributed by atoms with Crippen LogP contribution in [0.3, 0.4) is 0 Å². The van der Waals surface area contributed by atoms with Gasteiger partial charge in [0.05, 0.1) is 17.2 Å². The van der Waals surface area contributed by atoms with Gasteiger partial charge in [-0.3, -0.25) is 4.31 Å². The average Bonchev–Trinajstić information content (AvgIpc) is 2.70. The van der Waals surface area contributed by atoms with Gasteiger partial charge in [0.25, 0.3) is 10.0 Å². The van der Waals surface area contributed by atoms with Crippen LogP contribution >= 0.6 is 0 Å². The Labute approximate surface area is 164 Å². The molecule has 0 radical (unpaired) electrons. The van der Waals surface area contributed by atoms with E-state index in [1.165, 1.54) is 22.6 Å². The molecule has 28 heavy (non-hydrogen) atoms. The van der Waals surface area contributed by atoms with E-state index >= 15 is 0 Å². The number of sulfonamides is 1. The van der Waals surface area contributed by atoms with E-state index in [2.05, 4.69) is 5.32 Å². The number of hydrogen-bond donors (Lipinski definition) is 1. The van der Waals surface area contributed by atoms with Gasteiger partial charge in [-0.2, -0.15) is 5.26 Å². The normalized spacial score (nSPS) is 11.4. The van der Waals surface area contributed by atoms with Crippen molar-refractivity contribution in [3.63, 3.8) is 0 Å². The minimum atomic E-state index is -3.71. The molecule has 0 saturated carbocycles. The quantitative estimate of drug-likeness (QED) is 0.415. The van der Waals surface area contributed by atoms with Crippen LogP contribution in [0.2, 0.25) is 0 Å². The second kappa shape index (κ2) is 9.58. The van der Waals surface area contributed by atoms with Crippen LogP contribution in [0.25, 0.3) is 0 Å². The smallest absolute Gasteiger partial charge is 0.350 e. The molecule has 0 unspecified atom stereocenters. The first-order valence-electron chi connectivity index (χ1n) is 8.65. The maximum Gasteiger partial charge on any atom is 0.350 e. The topological polar surface area (TPSA) is 99.5 Å². The Bertz CT molecular complexity index is 978. The SMILES string of the molecule is CCOC(=O)/C(C#N)=C/Nc1ccc(S(=O)(=O)N(CC)c2ccccc2)cc1. The molecule has 0 saturated heterocycles. The molecule has 0 heterocycles. The number of para-hydroxylation sites is 1. The average molecular weight is 399 g/mol. The van der Waals surface area contributed by atoms with E-state index < -0.39 is 16.0 Å². The fourth-order valence-corrected chi connectivity index (χ4v) is 3.91. The molecule has 2 aromatic carbocycles. The van der Waals surface area contributed by atoms with Crippen LogP contribution < -0.4 is 9.62 Å². The molecule has 2 aromatic rings. The summed E-state index contributed by atoms with van der Waals surface area (Å²) >= 11 is 0. The lowest BCUT2D eigenvalue weighted by atomic mass is 10.3. The fourth-order valence-electron chi connectivity index (χ4n) is 2.44. The monoisotopic (exact) mass is 399 g/mol. The summed E-state index contributed by atoms with van der Waals surface area (Å²) in [5.41, 5.74) is 0.932. The minimum Gasteiger partial charge on any atom is -0.462 e. The largest absolute Gasteiger partial charge is 0.462 e. The predicted octanol–water partition coefficient (Wildman–Crippen LogP) is 3.28. The van der Waals surface area contributed by atoms with Crippen LogP contribution in [-0.2, 0) is 19.6 Å². The van der Waals surface area contributed by atoms with E-state index in [1.807, 2.05) is 6.07 Å². The maximum absolute atomic E-state index is 12.9. The van der Waals surface area contributed by atoms with Crippen LogP contribution in [-0.4, -0.2) is 27.5 Å². The van der Waals surface area contributed by atoms with Crippen LogP contribution in [0, 0.1) is 11.3 Å². The summed E-state index contributed by atoms with van der Waals surface area (Å²) in [6.07, 6.45) is 1.23. The van der Waals surface area contributed by atoms with Gasteiger partial charge in [0.15, 0.2) is 5.57 Å². The molecule has 146 valence electrons. The Hall–Kier alpha value is -3.31. The number of hydrogen-bond acceptors (Lipinski definition) is 6. The van der Waals surface area contributed by atoms with Gasteiger partial charge in [0.2, 0.25) is 0 Å². The number of benzene rings is 2. The van der Waals surface area contributed by atoms with Gasteiger partial charge in [-0.1, -0.05) is 18.2 Å². The van der Waals surface area contributed by atoms with Gasteiger partial charge >= 0.3 is 5.97 Å². The lowest BCUT2D eigenvalue weighted by Crippen LogP contribution is -2.30. The third kappa shape index (κ3) is 4.90. The summed E-state index contributed by atoms with van der Waals surface area (Å²) in [5.74, 6) is -0.724. The molecule has 0 aliphatic heterocycles. The van der Waals surface area contributed by atoms with Crippen molar-refractivity contribution < 1.29 is 17.9 Å². The van der Waals surface area contributed by atoms with Crippen molar-refractivity contribution in [3.05, 3.63) is 66.4 Å². The number of carbonyl (C=O) groups excluding carboxylic acids is 1. The van der Waals surface area contributed by atoms with E-state index in [4.69, 9.17) is 10.00 Å². The first kappa shape index (κ1) is 21.0. The number of esters is 1. The highest BCUT2D eigenvalue weighted by Crippen LogP contribution is 2.24. The number of carbonyl (C=O) groups is 1. The van der Waals surface area contributed by atoms with Crippen LogP contribution in [0.5, 0.6) is 0 Å². The Kier molecular flexibility index (Phi) is 7.18. The van der Waals surface area contributed by atoms with Crippen molar-refractivity contribution in [1.82, 2.24) is 0 Å². The lowest BCUT2D eigenvalue weighted by molar-refractivity contribution is -0.138. The summed E-state index contributed by atoms with van der Waals surface area (Å²) in [6.45, 7) is 3.87. The van der Waals surface area contributed by atoms with Crippen molar-refractivity contribution in [2.75, 3.05) is 22.8 Å². The molecule has 8 heteroatoms. The van der Waals surface area contributed by atoms with Gasteiger partial charge in [-0.25, -0.2) is 13.2 Å². The molecule has 0 bridgehead atoms. The van der Waals surface area contributed by atoms with Crippen molar-refractivity contribution in [3.8, 4) is 6.07 Å². The van der Waals surface area contributed by atoms with Crippen molar-refractivity contribution >= 4 is 27.4 Å². The zero-order valence-corrected chi connectivity index (χ0v) is 16.4. The Balaban J connectivity index is 2.21. The highest BCUT2D eigenvalue weighted by molar-refractivity contribution is 7.92. The predicted molar refractivity (Wildman–Crippen MR) is 107 cm³/mol. The molecule has 0 atom stereocenters. The van der Waals surface area contributed by atoms with Gasteiger partial charge < -0.3 is 10.1 Å². The molecule has 0 aliphatic carbocycles. The summed E-state index contributed by atoms with van der Waals surface area (Å²) in [7, 11) is -3.71. The number of ether oxygens (including phenoxy) is 1. The van der Waals surface area contributed by atoms with Crippen LogP contribution in [0.15, 0.2) is 71.3 Å². The molecular formula is C20H21N3O4S. The molecule has 2 rings (SSSR count). The summed E-state index contributed by atoms with van der Waals surface area (Å²) in [4.78, 5) is 11.7. The van der Waals surface area contributed by atoms with Gasteiger partial charge in [0, 0.05) is 18.4 Å². The number of anilines is 2. The summed E-state index contributed by atoms with van der Waals surface area (Å²) < 4.78 is 32.0. The van der Waals surface area contributed by atoms with Crippen LogP contribution in [0.4, 0.5) is 11.4 Å². The van der Waals surface area contributed by atoms with E-state index in [-0.39, 0.29) is 17.1 Å². The lowest BCUT2D eigenvalue weighted by Gasteiger charge is -2.23. The molecule has 0 amide bonds. The van der Waals surface area contributed by atoms with Crippen molar-refractivity contribution in [2.24, 2.45) is 0 Å². The number of nitriles is 1. The van der Waals surface area contributed by atoms with E-state index in [1.54, 1.807) is 56.3 Å². The molecule has 0 aromatic heterocycles. The number of nitrogens with one attached hydrogen (secondary N) is 1. The Morgan fingerprint density at radius 1 is 1.14 bits per heavy atom. The first-order chi connectivity index (χ1) is 13.4. The Morgan fingerprint density at radius 3 is 2.32 bits per heavy atom. The standard InChI is InChI=1S/C20H21N3O4S/c1-3-23(18-8-6-5-7-9-18)28(25,26)19-12-10-17(11-13-19)22-15-16(14-21)20(24)27-4-2/h5-13,15,22H,3-4H2,1-2H3/b16-15+. The highest BCUT2D eigenvalue weighted by Gasteiger charge is 2.23. The third-order valence-electron chi connectivity index (χ3n) is 3.77. The molecule has 0 aliphatic rings. The maximum atomic E-state index is 12.9. The second-order valence-corrected chi connectivity index (χ2v) is 7.43. The molecule has 7 nitrogen and oxygen atoms in total. The van der Waals surface area contributed by atoms with E-state index in [9.17, 15) is 13.2 Å². The summed E-state index contributed by atoms with van der Waals surface area (Å²) in [6, 6.07) is 16.7. The third-order valence-corrected chi connectivity index (χ3v) is 5.69.